The van der Waals surface area contributed by atoms with Crippen molar-refractivity contribution in [2.45, 2.75) is 63.0 Å². The molecule has 4 fully saturated rings. The van der Waals surface area contributed by atoms with Crippen molar-refractivity contribution in [3.8, 4) is 29.6 Å². The summed E-state index contributed by atoms with van der Waals surface area (Å²) in [6.07, 6.45) is 4.79. The largest absolute Gasteiger partial charge is 0.471 e. The molecule has 2 atom stereocenters. The Morgan fingerprint density at radius 2 is 1.75 bits per heavy atom. The molecule has 2 bridgehead atoms. The Morgan fingerprint density at radius 3 is 2.41 bits per heavy atom. The topological polar surface area (TPSA) is 74.7 Å². The van der Waals surface area contributed by atoms with Gasteiger partial charge in [0.1, 0.15) is 29.0 Å². The molecule has 0 radical (unpaired) electrons. The first-order valence-corrected chi connectivity index (χ1v) is 17.1. The molecule has 2 aromatic carbocycles. The fraction of sp³-hybridized carbons (Fsp3) is 0.459. The van der Waals surface area contributed by atoms with Gasteiger partial charge in [0.05, 0.1) is 29.6 Å². The summed E-state index contributed by atoms with van der Waals surface area (Å²) >= 11 is 0. The predicted molar refractivity (Wildman–Crippen MR) is 178 cm³/mol. The van der Waals surface area contributed by atoms with Crippen molar-refractivity contribution in [2.24, 2.45) is 5.41 Å². The van der Waals surface area contributed by atoms with Crippen LogP contribution in [0.2, 0.25) is 0 Å². The highest BCUT2D eigenvalue weighted by molar-refractivity contribution is 6.02. The summed E-state index contributed by atoms with van der Waals surface area (Å²) < 4.78 is 92.1. The number of hydrogen-bond acceptors (Lipinski definition) is 7. The van der Waals surface area contributed by atoms with Gasteiger partial charge >= 0.3 is 18.1 Å². The molecular formula is C37H34F6N6O2. The molecule has 266 valence electrons. The van der Waals surface area contributed by atoms with Crippen molar-refractivity contribution in [1.82, 2.24) is 24.8 Å². The van der Waals surface area contributed by atoms with Crippen LogP contribution in [0, 0.1) is 29.4 Å². The molecule has 3 saturated heterocycles. The van der Waals surface area contributed by atoms with Crippen LogP contribution in [0.3, 0.4) is 0 Å². The van der Waals surface area contributed by atoms with E-state index in [4.69, 9.17) is 11.2 Å². The Morgan fingerprint density at radius 1 is 1.02 bits per heavy atom. The summed E-state index contributed by atoms with van der Waals surface area (Å²) in [5.41, 5.74) is -0.226. The van der Waals surface area contributed by atoms with E-state index in [1.165, 1.54) is 12.3 Å². The maximum absolute atomic E-state index is 16.9. The third-order valence-electron chi connectivity index (χ3n) is 10.8. The molecular weight excluding hydrogens is 674 g/mol. The first-order valence-electron chi connectivity index (χ1n) is 17.1. The zero-order valence-electron chi connectivity index (χ0n) is 27.5. The molecule has 1 amide bonds. The number of aromatic nitrogens is 3. The van der Waals surface area contributed by atoms with Gasteiger partial charge in [-0.15, -0.1) is 6.42 Å². The van der Waals surface area contributed by atoms with Crippen molar-refractivity contribution in [3.05, 3.63) is 53.7 Å². The van der Waals surface area contributed by atoms with Crippen molar-refractivity contribution < 1.29 is 35.9 Å². The Labute approximate surface area is 289 Å². The second-order valence-corrected chi connectivity index (χ2v) is 14.2. The van der Waals surface area contributed by atoms with E-state index in [1.807, 2.05) is 0 Å². The third-order valence-corrected chi connectivity index (χ3v) is 10.8. The van der Waals surface area contributed by atoms with E-state index in [-0.39, 0.29) is 64.7 Å². The van der Waals surface area contributed by atoms with Crippen LogP contribution in [-0.2, 0) is 4.79 Å². The second kappa shape index (κ2) is 12.5. The van der Waals surface area contributed by atoms with Crippen LogP contribution >= 0.6 is 0 Å². The molecule has 0 spiro atoms. The molecule has 2 unspecified atom stereocenters. The molecule has 5 heterocycles. The Bertz CT molecular complexity index is 2060. The number of rotatable bonds is 7. The van der Waals surface area contributed by atoms with Gasteiger partial charge in [-0.2, -0.15) is 23.1 Å². The molecule has 1 saturated carbocycles. The fourth-order valence-corrected chi connectivity index (χ4v) is 8.04. The number of amides is 1. The van der Waals surface area contributed by atoms with Crippen LogP contribution in [0.25, 0.3) is 32.9 Å². The van der Waals surface area contributed by atoms with Crippen molar-refractivity contribution >= 4 is 33.4 Å². The van der Waals surface area contributed by atoms with E-state index in [9.17, 15) is 26.7 Å². The minimum Gasteiger partial charge on any atom is -0.463 e. The van der Waals surface area contributed by atoms with Crippen molar-refractivity contribution in [2.75, 3.05) is 44.2 Å². The summed E-state index contributed by atoms with van der Waals surface area (Å²) in [6, 6.07) is 6.25. The van der Waals surface area contributed by atoms with Gasteiger partial charge in [-0.3, -0.25) is 9.78 Å². The van der Waals surface area contributed by atoms with E-state index < -0.39 is 42.0 Å². The smallest absolute Gasteiger partial charge is 0.463 e. The fourth-order valence-electron chi connectivity index (χ4n) is 8.04. The molecule has 0 N–H and O–H groups in total. The number of piperazine rings is 1. The van der Waals surface area contributed by atoms with Gasteiger partial charge in [0.2, 0.25) is 0 Å². The molecule has 8 rings (SSSR count). The van der Waals surface area contributed by atoms with E-state index >= 15 is 4.39 Å². The number of hydrogen-bond donors (Lipinski definition) is 0. The standard InChI is InChI=1S/C37H34F6N6O2/c1-2-25-28(39)9-6-21-4-3-5-26(29(21)25)31-30(40)32-27(16-44-31)33(48-17-23-7-8-24(18-48)49(23)34(50)37(41,42)43)46-35(45-32)51-20-36(12-13-36)19-47-14-10-22(38)11-15-47/h1,3-6,9,16,22-24H,7-8,10-15,17-20H2. The number of carbonyl (C=O) groups excluding carboxylic acids is 1. The number of benzene rings is 2. The maximum Gasteiger partial charge on any atom is 0.471 e. The number of alkyl halides is 4. The normalized spacial score (nSPS) is 22.1. The lowest BCUT2D eigenvalue weighted by Gasteiger charge is -2.42. The number of terminal acetylenes is 1. The van der Waals surface area contributed by atoms with Crippen LogP contribution in [0.1, 0.15) is 44.1 Å². The highest BCUT2D eigenvalue weighted by atomic mass is 19.4. The van der Waals surface area contributed by atoms with E-state index in [0.717, 1.165) is 24.3 Å². The van der Waals surface area contributed by atoms with Crippen LogP contribution in [0.4, 0.5) is 32.2 Å². The maximum atomic E-state index is 16.9. The molecule has 1 aliphatic carbocycles. The van der Waals surface area contributed by atoms with E-state index in [2.05, 4.69) is 25.8 Å². The molecule has 4 aliphatic rings. The van der Waals surface area contributed by atoms with Crippen LogP contribution in [0.5, 0.6) is 6.01 Å². The first-order chi connectivity index (χ1) is 24.4. The minimum atomic E-state index is -5.00. The number of carbonyl (C=O) groups is 1. The number of anilines is 1. The van der Waals surface area contributed by atoms with E-state index in [0.29, 0.717) is 49.5 Å². The molecule has 8 nitrogen and oxygen atoms in total. The predicted octanol–water partition coefficient (Wildman–Crippen LogP) is 6.44. The lowest BCUT2D eigenvalue weighted by Crippen LogP contribution is -2.59. The van der Waals surface area contributed by atoms with Gasteiger partial charge in [-0.1, -0.05) is 30.2 Å². The molecule has 4 aromatic rings. The van der Waals surface area contributed by atoms with Crippen molar-refractivity contribution in [3.63, 3.8) is 0 Å². The average molecular weight is 709 g/mol. The number of piperidine rings is 1. The first kappa shape index (κ1) is 33.5. The highest BCUT2D eigenvalue weighted by Gasteiger charge is 2.52. The zero-order chi connectivity index (χ0) is 35.7. The number of halogens is 6. The lowest BCUT2D eigenvalue weighted by atomic mass is 9.96. The van der Waals surface area contributed by atoms with Gasteiger partial charge in [0.25, 0.3) is 0 Å². The zero-order valence-corrected chi connectivity index (χ0v) is 27.5. The SMILES string of the molecule is C#Cc1c(F)ccc2cccc(-c3ncc4c(N5CC6CCC(C5)N6C(=O)C(F)(F)F)nc(OCC5(CN6CCC(F)CC6)CC5)nc4c3F)c12. The lowest BCUT2D eigenvalue weighted by molar-refractivity contribution is -0.188. The number of ether oxygens (including phenoxy) is 1. The molecule has 3 aliphatic heterocycles. The van der Waals surface area contributed by atoms with Gasteiger partial charge in [-0.25, -0.2) is 13.2 Å². The van der Waals surface area contributed by atoms with Gasteiger partial charge in [0.15, 0.2) is 5.82 Å². The number of likely N-dealkylation sites (tertiary alicyclic amines) is 1. The number of fused-ring (bicyclic) bond motifs is 4. The van der Waals surface area contributed by atoms with Crippen LogP contribution in [0.15, 0.2) is 36.5 Å². The van der Waals surface area contributed by atoms with Gasteiger partial charge in [-0.05, 0) is 50.0 Å². The quantitative estimate of drug-likeness (QED) is 0.162. The average Bonchev–Trinajstić information content (AvgIpc) is 3.83. The minimum absolute atomic E-state index is 0.0375. The van der Waals surface area contributed by atoms with Crippen LogP contribution in [-0.4, -0.2) is 94.4 Å². The van der Waals surface area contributed by atoms with Gasteiger partial charge < -0.3 is 19.4 Å². The number of pyridine rings is 1. The molecule has 2 aromatic heterocycles. The summed E-state index contributed by atoms with van der Waals surface area (Å²) in [6.45, 7) is 2.35. The summed E-state index contributed by atoms with van der Waals surface area (Å²) in [4.78, 5) is 30.9. The monoisotopic (exact) mass is 708 g/mol. The molecule has 51 heavy (non-hydrogen) atoms. The Balaban J connectivity index is 1.18. The van der Waals surface area contributed by atoms with E-state index in [1.54, 1.807) is 29.2 Å². The summed E-state index contributed by atoms with van der Waals surface area (Å²) in [7, 11) is 0. The summed E-state index contributed by atoms with van der Waals surface area (Å²) in [5.74, 6) is -0.736. The Hall–Kier alpha value is -4.64. The van der Waals surface area contributed by atoms with Gasteiger partial charge in [0, 0.05) is 55.3 Å². The Kier molecular flexibility index (Phi) is 8.24. The number of nitrogens with zero attached hydrogens (tertiary/aromatic N) is 6. The third kappa shape index (κ3) is 6.09. The van der Waals surface area contributed by atoms with Crippen LogP contribution < -0.4 is 9.64 Å². The van der Waals surface area contributed by atoms with Crippen molar-refractivity contribution in [1.29, 1.82) is 0 Å². The molecule has 14 heteroatoms. The summed E-state index contributed by atoms with van der Waals surface area (Å²) in [5, 5.41) is 1.10. The second-order valence-electron chi connectivity index (χ2n) is 14.2. The highest BCUT2D eigenvalue weighted by Crippen LogP contribution is 2.47.